The van der Waals surface area contributed by atoms with Crippen LogP contribution in [-0.4, -0.2) is 15.0 Å². The van der Waals surface area contributed by atoms with Crippen LogP contribution < -0.4 is 10.1 Å². The standard InChI is InChI=1S/C25H19ClN4O/c26-23-13-18(22-15-28-25-21(22)7-4-12-27-25)14-24(30-23)29-19-8-10-20(11-9-19)31-16-17-5-2-1-3-6-17/h1-15H,16H2,(H,27,28)(H,29,30). The number of benzene rings is 2. The molecule has 0 bridgehead atoms. The van der Waals surface area contributed by atoms with Gasteiger partial charge in [0, 0.05) is 29.0 Å². The van der Waals surface area contributed by atoms with E-state index in [4.69, 9.17) is 16.3 Å². The molecule has 0 atom stereocenters. The molecule has 31 heavy (non-hydrogen) atoms. The molecular formula is C25H19ClN4O. The second-order valence-corrected chi connectivity index (χ2v) is 7.48. The van der Waals surface area contributed by atoms with Crippen molar-refractivity contribution in [3.63, 3.8) is 0 Å². The van der Waals surface area contributed by atoms with Crippen LogP contribution in [0.3, 0.4) is 0 Å². The highest BCUT2D eigenvalue weighted by atomic mass is 35.5. The molecule has 0 spiro atoms. The van der Waals surface area contributed by atoms with Crippen LogP contribution in [0.15, 0.2) is 91.3 Å². The highest BCUT2D eigenvalue weighted by Gasteiger charge is 2.10. The number of aromatic nitrogens is 3. The molecule has 0 fully saturated rings. The fourth-order valence-corrected chi connectivity index (χ4v) is 3.64. The quantitative estimate of drug-likeness (QED) is 0.300. The molecule has 0 aliphatic heterocycles. The number of nitrogens with zero attached hydrogens (tertiary/aromatic N) is 2. The molecule has 3 heterocycles. The van der Waals surface area contributed by atoms with E-state index < -0.39 is 0 Å². The maximum absolute atomic E-state index is 6.31. The number of rotatable bonds is 6. The number of H-pyrrole nitrogens is 1. The minimum atomic E-state index is 0.418. The summed E-state index contributed by atoms with van der Waals surface area (Å²) in [7, 11) is 0. The first-order chi connectivity index (χ1) is 15.2. The van der Waals surface area contributed by atoms with Gasteiger partial charge in [0.15, 0.2) is 0 Å². The third-order valence-corrected chi connectivity index (χ3v) is 5.12. The topological polar surface area (TPSA) is 62.8 Å². The molecule has 2 N–H and O–H groups in total. The molecule has 0 aliphatic rings. The Balaban J connectivity index is 1.33. The zero-order valence-corrected chi connectivity index (χ0v) is 17.3. The number of halogens is 1. The van der Waals surface area contributed by atoms with Crippen molar-refractivity contribution in [1.82, 2.24) is 15.0 Å². The van der Waals surface area contributed by atoms with Crippen LogP contribution in [0, 0.1) is 0 Å². The van der Waals surface area contributed by atoms with Crippen molar-refractivity contribution in [2.45, 2.75) is 6.61 Å². The lowest BCUT2D eigenvalue weighted by Gasteiger charge is -2.10. The van der Waals surface area contributed by atoms with Crippen LogP contribution in [0.1, 0.15) is 5.56 Å². The minimum absolute atomic E-state index is 0.418. The zero-order chi connectivity index (χ0) is 21.0. The fraction of sp³-hybridized carbons (Fsp3) is 0.0400. The summed E-state index contributed by atoms with van der Waals surface area (Å²) >= 11 is 6.31. The van der Waals surface area contributed by atoms with Crippen molar-refractivity contribution in [2.75, 3.05) is 5.32 Å². The summed E-state index contributed by atoms with van der Waals surface area (Å²) in [6.07, 6.45) is 3.70. The third kappa shape index (κ3) is 4.37. The summed E-state index contributed by atoms with van der Waals surface area (Å²) in [5.74, 6) is 1.47. The van der Waals surface area contributed by atoms with Crippen LogP contribution in [0.5, 0.6) is 5.75 Å². The second-order valence-electron chi connectivity index (χ2n) is 7.09. The van der Waals surface area contributed by atoms with Gasteiger partial charge in [-0.1, -0.05) is 41.9 Å². The Hall–Kier alpha value is -3.83. The summed E-state index contributed by atoms with van der Waals surface area (Å²) in [6, 6.07) is 25.6. The van der Waals surface area contributed by atoms with Crippen LogP contribution >= 0.6 is 11.6 Å². The molecule has 0 saturated heterocycles. The number of hydrogen-bond acceptors (Lipinski definition) is 4. The van der Waals surface area contributed by atoms with Gasteiger partial charge in [0.1, 0.15) is 29.0 Å². The van der Waals surface area contributed by atoms with Gasteiger partial charge in [-0.2, -0.15) is 0 Å². The van der Waals surface area contributed by atoms with Crippen molar-refractivity contribution in [2.24, 2.45) is 0 Å². The number of ether oxygens (including phenoxy) is 1. The molecule has 5 nitrogen and oxygen atoms in total. The first-order valence-electron chi connectivity index (χ1n) is 9.88. The molecule has 0 aliphatic carbocycles. The van der Waals surface area contributed by atoms with E-state index in [0.717, 1.165) is 39.2 Å². The van der Waals surface area contributed by atoms with Gasteiger partial charge in [-0.05, 0) is 59.7 Å². The molecule has 0 radical (unpaired) electrons. The predicted octanol–water partition coefficient (Wildman–Crippen LogP) is 6.60. The van der Waals surface area contributed by atoms with Crippen molar-refractivity contribution >= 4 is 34.1 Å². The smallest absolute Gasteiger partial charge is 0.137 e. The molecule has 6 heteroatoms. The lowest BCUT2D eigenvalue weighted by atomic mass is 10.1. The van der Waals surface area contributed by atoms with Crippen LogP contribution in [-0.2, 0) is 6.61 Å². The monoisotopic (exact) mass is 426 g/mol. The van der Waals surface area contributed by atoms with Crippen molar-refractivity contribution in [3.8, 4) is 16.9 Å². The van der Waals surface area contributed by atoms with Gasteiger partial charge in [0.2, 0.25) is 0 Å². The molecular weight excluding hydrogens is 408 g/mol. The van der Waals surface area contributed by atoms with Crippen molar-refractivity contribution < 1.29 is 4.74 Å². The molecule has 5 aromatic rings. The van der Waals surface area contributed by atoms with Gasteiger partial charge in [-0.25, -0.2) is 9.97 Å². The first-order valence-corrected chi connectivity index (χ1v) is 10.3. The minimum Gasteiger partial charge on any atom is -0.489 e. The SMILES string of the molecule is Clc1cc(-c2c[nH]c3ncccc23)cc(Nc2ccc(OCc3ccccc3)cc2)n1. The van der Waals surface area contributed by atoms with Gasteiger partial charge in [-0.3, -0.25) is 0 Å². The van der Waals surface area contributed by atoms with E-state index in [1.54, 1.807) is 6.20 Å². The Morgan fingerprint density at radius 1 is 0.935 bits per heavy atom. The van der Waals surface area contributed by atoms with E-state index in [0.29, 0.717) is 17.6 Å². The van der Waals surface area contributed by atoms with E-state index in [9.17, 15) is 0 Å². The van der Waals surface area contributed by atoms with Gasteiger partial charge in [0.05, 0.1) is 0 Å². The Labute approximate surface area is 184 Å². The number of hydrogen-bond donors (Lipinski definition) is 2. The Kier molecular flexibility index (Phi) is 5.25. The fourth-order valence-electron chi connectivity index (χ4n) is 3.43. The number of pyridine rings is 2. The molecule has 0 saturated carbocycles. The lowest BCUT2D eigenvalue weighted by Crippen LogP contribution is -1.97. The van der Waals surface area contributed by atoms with Crippen LogP contribution in [0.2, 0.25) is 5.15 Å². The van der Waals surface area contributed by atoms with Gasteiger partial charge < -0.3 is 15.0 Å². The zero-order valence-electron chi connectivity index (χ0n) is 16.5. The van der Waals surface area contributed by atoms with Crippen LogP contribution in [0.4, 0.5) is 11.5 Å². The van der Waals surface area contributed by atoms with Gasteiger partial charge in [0.25, 0.3) is 0 Å². The number of fused-ring (bicyclic) bond motifs is 1. The summed E-state index contributed by atoms with van der Waals surface area (Å²) in [4.78, 5) is 12.0. The largest absolute Gasteiger partial charge is 0.489 e. The average Bonchev–Trinajstić information content (AvgIpc) is 3.23. The van der Waals surface area contributed by atoms with E-state index in [1.807, 2.05) is 85.1 Å². The molecule has 2 aromatic carbocycles. The van der Waals surface area contributed by atoms with E-state index in [-0.39, 0.29) is 0 Å². The normalized spacial score (nSPS) is 10.9. The number of aromatic amines is 1. The summed E-state index contributed by atoms with van der Waals surface area (Å²) in [5.41, 5.74) is 4.86. The van der Waals surface area contributed by atoms with Crippen molar-refractivity contribution in [1.29, 1.82) is 0 Å². The van der Waals surface area contributed by atoms with E-state index in [2.05, 4.69) is 20.3 Å². The molecule has 0 amide bonds. The number of nitrogens with one attached hydrogen (secondary N) is 2. The highest BCUT2D eigenvalue weighted by Crippen LogP contribution is 2.31. The summed E-state index contributed by atoms with van der Waals surface area (Å²) in [6.45, 7) is 0.534. The first kappa shape index (κ1) is 19.2. The average molecular weight is 427 g/mol. The Morgan fingerprint density at radius 3 is 2.61 bits per heavy atom. The Bertz CT molecular complexity index is 1320. The van der Waals surface area contributed by atoms with Gasteiger partial charge >= 0.3 is 0 Å². The summed E-state index contributed by atoms with van der Waals surface area (Å²) < 4.78 is 5.85. The molecule has 0 unspecified atom stereocenters. The van der Waals surface area contributed by atoms with E-state index >= 15 is 0 Å². The van der Waals surface area contributed by atoms with Crippen molar-refractivity contribution in [3.05, 3.63) is 102 Å². The predicted molar refractivity (Wildman–Crippen MR) is 125 cm³/mol. The van der Waals surface area contributed by atoms with Gasteiger partial charge in [-0.15, -0.1) is 0 Å². The maximum Gasteiger partial charge on any atom is 0.137 e. The lowest BCUT2D eigenvalue weighted by molar-refractivity contribution is 0.306. The summed E-state index contributed by atoms with van der Waals surface area (Å²) in [5, 5.41) is 4.77. The molecule has 3 aromatic heterocycles. The van der Waals surface area contributed by atoms with Crippen LogP contribution in [0.25, 0.3) is 22.2 Å². The highest BCUT2D eigenvalue weighted by molar-refractivity contribution is 6.29. The molecule has 152 valence electrons. The number of anilines is 2. The third-order valence-electron chi connectivity index (χ3n) is 4.93. The molecule has 5 rings (SSSR count). The van der Waals surface area contributed by atoms with E-state index in [1.165, 1.54) is 0 Å². The maximum atomic E-state index is 6.31. The Morgan fingerprint density at radius 2 is 1.77 bits per heavy atom. The second kappa shape index (κ2) is 8.50.